The first kappa shape index (κ1) is 11.5. The monoisotopic (exact) mass is 238 g/mol. The Bertz CT molecular complexity index is 490. The Hall–Kier alpha value is -1.98. The molecule has 2 rings (SSSR count). The van der Waals surface area contributed by atoms with Crippen LogP contribution in [-0.4, -0.2) is 27.7 Å². The molecule has 92 valence electrons. The van der Waals surface area contributed by atoms with Crippen LogP contribution in [0.4, 0.5) is 5.69 Å². The molecule has 1 amide bonds. The molecule has 0 aliphatic carbocycles. The third-order valence-corrected chi connectivity index (χ3v) is 2.72. The molecule has 0 aromatic carbocycles. The number of aromatic nitrogens is 1. The van der Waals surface area contributed by atoms with Crippen LogP contribution in [0.25, 0.3) is 0 Å². The highest BCUT2D eigenvalue weighted by Crippen LogP contribution is 2.35. The molecule has 0 radical (unpaired) electrons. The summed E-state index contributed by atoms with van der Waals surface area (Å²) in [5.74, 6) is -0.971. The lowest BCUT2D eigenvalue weighted by atomic mass is 10.1. The van der Waals surface area contributed by atoms with Crippen molar-refractivity contribution < 1.29 is 19.4 Å². The van der Waals surface area contributed by atoms with E-state index in [0.29, 0.717) is 5.75 Å². The van der Waals surface area contributed by atoms with E-state index < -0.39 is 12.1 Å². The highest BCUT2D eigenvalue weighted by Gasteiger charge is 2.34. The zero-order valence-electron chi connectivity index (χ0n) is 9.85. The average Bonchev–Trinajstić information content (AvgIpc) is 2.51. The van der Waals surface area contributed by atoms with Crippen molar-refractivity contribution in [2.75, 3.05) is 5.32 Å². The van der Waals surface area contributed by atoms with Crippen LogP contribution < -0.4 is 10.1 Å². The summed E-state index contributed by atoms with van der Waals surface area (Å²) in [6.45, 7) is 3.74. The van der Waals surface area contributed by atoms with Crippen molar-refractivity contribution in [2.45, 2.75) is 20.0 Å². The van der Waals surface area contributed by atoms with Crippen molar-refractivity contribution >= 4 is 17.6 Å². The molecule has 0 saturated heterocycles. The number of aryl methyl sites for hydroxylation is 1. The number of ether oxygens (including phenoxy) is 1. The van der Waals surface area contributed by atoms with Crippen LogP contribution in [0.2, 0.25) is 0 Å². The number of carbonyl (C=O) groups is 2. The van der Waals surface area contributed by atoms with Crippen molar-refractivity contribution in [2.24, 2.45) is 13.0 Å². The molecule has 0 saturated carbocycles. The van der Waals surface area contributed by atoms with Gasteiger partial charge in [-0.05, 0) is 5.92 Å². The number of nitrogens with one attached hydrogen (secondary N) is 1. The van der Waals surface area contributed by atoms with Crippen molar-refractivity contribution in [3.63, 3.8) is 0 Å². The average molecular weight is 238 g/mol. The van der Waals surface area contributed by atoms with Gasteiger partial charge in [-0.1, -0.05) is 13.8 Å². The Morgan fingerprint density at radius 3 is 2.76 bits per heavy atom. The smallest absolute Gasteiger partial charge is 0.354 e. The van der Waals surface area contributed by atoms with Gasteiger partial charge in [-0.15, -0.1) is 0 Å². The van der Waals surface area contributed by atoms with E-state index in [1.807, 2.05) is 13.8 Å². The fraction of sp³-hybridized carbons (Fsp3) is 0.455. The number of carboxylic acid groups (broad SMARTS) is 1. The molecule has 0 fully saturated rings. The lowest BCUT2D eigenvalue weighted by molar-refractivity contribution is -0.125. The van der Waals surface area contributed by atoms with Crippen molar-refractivity contribution in [1.82, 2.24) is 4.57 Å². The molecular formula is C11H14N2O4. The Morgan fingerprint density at radius 1 is 1.59 bits per heavy atom. The lowest BCUT2D eigenvalue weighted by Crippen LogP contribution is -2.40. The Kier molecular flexibility index (Phi) is 2.57. The molecule has 2 N–H and O–H groups in total. The van der Waals surface area contributed by atoms with Crippen LogP contribution >= 0.6 is 0 Å². The molecule has 6 heteroatoms. The number of hydrogen-bond acceptors (Lipinski definition) is 3. The van der Waals surface area contributed by atoms with E-state index in [1.54, 1.807) is 13.2 Å². The zero-order chi connectivity index (χ0) is 12.7. The van der Waals surface area contributed by atoms with E-state index >= 15 is 0 Å². The summed E-state index contributed by atoms with van der Waals surface area (Å²) in [5, 5.41) is 11.6. The fourth-order valence-corrected chi connectivity index (χ4v) is 1.89. The normalized spacial score (nSPS) is 18.6. The first-order valence-electron chi connectivity index (χ1n) is 5.32. The van der Waals surface area contributed by atoms with E-state index in [1.165, 1.54) is 4.57 Å². The highest BCUT2D eigenvalue weighted by atomic mass is 16.5. The second kappa shape index (κ2) is 3.80. The summed E-state index contributed by atoms with van der Waals surface area (Å²) in [6.07, 6.45) is 0.986. The molecule has 1 aliphatic rings. The van der Waals surface area contributed by atoms with E-state index in [0.717, 1.165) is 0 Å². The van der Waals surface area contributed by atoms with E-state index in [-0.39, 0.29) is 23.2 Å². The number of carbonyl (C=O) groups excluding carboxylic acids is 1. The van der Waals surface area contributed by atoms with Gasteiger partial charge < -0.3 is 19.7 Å². The molecular weight excluding hydrogens is 224 g/mol. The molecule has 1 atom stereocenters. The SMILES string of the molecule is CC(C)C1Oc2cn(C)c(C(=O)O)c2NC1=O. The molecule has 0 bridgehead atoms. The van der Waals surface area contributed by atoms with Crippen LogP contribution in [0.3, 0.4) is 0 Å². The van der Waals surface area contributed by atoms with Gasteiger partial charge in [0.2, 0.25) is 0 Å². The summed E-state index contributed by atoms with van der Waals surface area (Å²) in [5.41, 5.74) is 0.262. The first-order valence-corrected chi connectivity index (χ1v) is 5.32. The van der Waals surface area contributed by atoms with Gasteiger partial charge in [0.1, 0.15) is 5.69 Å². The number of nitrogens with zero attached hydrogens (tertiary/aromatic N) is 1. The van der Waals surface area contributed by atoms with Crippen molar-refractivity contribution in [1.29, 1.82) is 0 Å². The van der Waals surface area contributed by atoms with Crippen LogP contribution in [0.15, 0.2) is 6.20 Å². The molecule has 0 spiro atoms. The van der Waals surface area contributed by atoms with E-state index in [2.05, 4.69) is 5.32 Å². The fourth-order valence-electron chi connectivity index (χ4n) is 1.89. The highest BCUT2D eigenvalue weighted by molar-refractivity contribution is 6.04. The maximum atomic E-state index is 11.7. The largest absolute Gasteiger partial charge is 0.477 e. The number of fused-ring (bicyclic) bond motifs is 1. The minimum Gasteiger partial charge on any atom is -0.477 e. The summed E-state index contributed by atoms with van der Waals surface area (Å²) in [7, 11) is 1.60. The molecule has 1 aliphatic heterocycles. The third kappa shape index (κ3) is 1.75. The standard InChI is InChI=1S/C11H14N2O4/c1-5(2)9-10(14)12-7-6(17-9)4-13(3)8(7)11(15)16/h4-5,9H,1-3H3,(H,12,14)(H,15,16). The van der Waals surface area contributed by atoms with Gasteiger partial charge in [0, 0.05) is 13.2 Å². The molecule has 1 aromatic rings. The van der Waals surface area contributed by atoms with Crippen LogP contribution in [-0.2, 0) is 11.8 Å². The Balaban J connectivity index is 2.45. The summed E-state index contributed by atoms with van der Waals surface area (Å²) in [6, 6.07) is 0. The van der Waals surface area contributed by atoms with Gasteiger partial charge in [-0.2, -0.15) is 0 Å². The van der Waals surface area contributed by atoms with Gasteiger partial charge in [-0.25, -0.2) is 4.79 Å². The summed E-state index contributed by atoms with van der Waals surface area (Å²) < 4.78 is 6.95. The molecule has 1 unspecified atom stereocenters. The minimum atomic E-state index is -1.10. The first-order chi connectivity index (χ1) is 7.91. The Labute approximate surface area is 98.2 Å². The minimum absolute atomic E-state index is 0.0237. The Morgan fingerprint density at radius 2 is 2.24 bits per heavy atom. The van der Waals surface area contributed by atoms with Crippen LogP contribution in [0.5, 0.6) is 5.75 Å². The van der Waals surface area contributed by atoms with E-state index in [4.69, 9.17) is 9.84 Å². The maximum Gasteiger partial charge on any atom is 0.354 e. The van der Waals surface area contributed by atoms with Gasteiger partial charge in [0.15, 0.2) is 17.5 Å². The lowest BCUT2D eigenvalue weighted by Gasteiger charge is -2.26. The van der Waals surface area contributed by atoms with Crippen LogP contribution in [0.1, 0.15) is 24.3 Å². The van der Waals surface area contributed by atoms with Gasteiger partial charge >= 0.3 is 5.97 Å². The molecule has 17 heavy (non-hydrogen) atoms. The van der Waals surface area contributed by atoms with Crippen molar-refractivity contribution in [3.8, 4) is 5.75 Å². The van der Waals surface area contributed by atoms with Gasteiger partial charge in [0.05, 0.1) is 0 Å². The predicted octanol–water partition coefficient (Wildman–Crippen LogP) is 1.08. The number of anilines is 1. The molecule has 6 nitrogen and oxygen atoms in total. The number of aromatic carboxylic acids is 1. The quantitative estimate of drug-likeness (QED) is 0.807. The predicted molar refractivity (Wildman–Crippen MR) is 60.3 cm³/mol. The molecule has 1 aromatic heterocycles. The van der Waals surface area contributed by atoms with E-state index in [9.17, 15) is 9.59 Å². The number of rotatable bonds is 2. The second-order valence-corrected chi connectivity index (χ2v) is 4.40. The topological polar surface area (TPSA) is 80.6 Å². The number of amides is 1. The van der Waals surface area contributed by atoms with Crippen molar-refractivity contribution in [3.05, 3.63) is 11.9 Å². The molecule has 2 heterocycles. The van der Waals surface area contributed by atoms with Crippen LogP contribution in [0, 0.1) is 5.92 Å². The maximum absolute atomic E-state index is 11.7. The summed E-state index contributed by atoms with van der Waals surface area (Å²) in [4.78, 5) is 22.8. The van der Waals surface area contributed by atoms with Gasteiger partial charge in [-0.3, -0.25) is 4.79 Å². The van der Waals surface area contributed by atoms with Gasteiger partial charge in [0.25, 0.3) is 5.91 Å². The second-order valence-electron chi connectivity index (χ2n) is 4.40. The zero-order valence-corrected chi connectivity index (χ0v) is 9.85. The number of carboxylic acids is 1. The number of hydrogen-bond donors (Lipinski definition) is 2. The summed E-state index contributed by atoms with van der Waals surface area (Å²) >= 11 is 0. The third-order valence-electron chi connectivity index (χ3n) is 2.72.